The van der Waals surface area contributed by atoms with Crippen LogP contribution in [0.4, 0.5) is 4.39 Å². The van der Waals surface area contributed by atoms with Gasteiger partial charge in [0.1, 0.15) is 11.9 Å². The fourth-order valence-corrected chi connectivity index (χ4v) is 3.29. The minimum absolute atomic E-state index is 0.0482. The van der Waals surface area contributed by atoms with Gasteiger partial charge in [0.15, 0.2) is 0 Å². The molecular formula is C24H31FN2O2. The molecule has 0 bridgehead atoms. The van der Waals surface area contributed by atoms with Crippen LogP contribution in [0.3, 0.4) is 0 Å². The lowest BCUT2D eigenvalue weighted by Gasteiger charge is -2.29. The van der Waals surface area contributed by atoms with E-state index >= 15 is 0 Å². The van der Waals surface area contributed by atoms with Gasteiger partial charge in [-0.3, -0.25) is 9.59 Å². The minimum Gasteiger partial charge on any atom is -0.354 e. The van der Waals surface area contributed by atoms with E-state index in [0.29, 0.717) is 18.0 Å². The van der Waals surface area contributed by atoms with Crippen molar-refractivity contribution >= 4 is 11.8 Å². The van der Waals surface area contributed by atoms with Crippen LogP contribution >= 0.6 is 0 Å². The molecule has 0 unspecified atom stereocenters. The summed E-state index contributed by atoms with van der Waals surface area (Å²) in [6.45, 7) is 10.3. The number of hydrogen-bond acceptors (Lipinski definition) is 2. The van der Waals surface area contributed by atoms with Gasteiger partial charge in [-0.1, -0.05) is 61.4 Å². The molecule has 0 aliphatic heterocycles. The molecule has 0 aliphatic carbocycles. The highest BCUT2D eigenvalue weighted by atomic mass is 19.1. The highest BCUT2D eigenvalue weighted by Crippen LogP contribution is 2.16. The summed E-state index contributed by atoms with van der Waals surface area (Å²) in [6, 6.07) is 11.6. The third-order valence-electron chi connectivity index (χ3n) is 4.79. The fraction of sp³-hybridized carbons (Fsp3) is 0.417. The first-order valence-corrected chi connectivity index (χ1v) is 10.0. The Morgan fingerprint density at radius 1 is 1.03 bits per heavy atom. The first-order valence-electron chi connectivity index (χ1n) is 10.0. The molecule has 2 amide bonds. The summed E-state index contributed by atoms with van der Waals surface area (Å²) >= 11 is 0. The van der Waals surface area contributed by atoms with E-state index < -0.39 is 6.04 Å². The monoisotopic (exact) mass is 398 g/mol. The second kappa shape index (κ2) is 10.2. The molecule has 2 aromatic rings. The van der Waals surface area contributed by atoms with E-state index in [-0.39, 0.29) is 30.6 Å². The molecule has 0 spiro atoms. The minimum atomic E-state index is -0.702. The maximum atomic E-state index is 14.2. The van der Waals surface area contributed by atoms with Crippen molar-refractivity contribution in [1.82, 2.24) is 10.2 Å². The predicted octanol–water partition coefficient (Wildman–Crippen LogP) is 4.17. The first kappa shape index (κ1) is 22.6. The largest absolute Gasteiger partial charge is 0.354 e. The molecule has 5 heteroatoms. The van der Waals surface area contributed by atoms with E-state index in [1.165, 1.54) is 11.0 Å². The summed E-state index contributed by atoms with van der Waals surface area (Å²) in [5, 5.41) is 2.87. The first-order chi connectivity index (χ1) is 13.7. The summed E-state index contributed by atoms with van der Waals surface area (Å²) in [5.74, 6) is -0.516. The molecule has 2 aromatic carbocycles. The molecule has 0 radical (unpaired) electrons. The molecule has 4 nitrogen and oxygen atoms in total. The third kappa shape index (κ3) is 6.70. The normalized spacial score (nSPS) is 12.0. The van der Waals surface area contributed by atoms with Crippen molar-refractivity contribution in [3.8, 4) is 0 Å². The van der Waals surface area contributed by atoms with Gasteiger partial charge in [-0.2, -0.15) is 0 Å². The molecule has 156 valence electrons. The zero-order valence-electron chi connectivity index (χ0n) is 18.0. The van der Waals surface area contributed by atoms with Crippen molar-refractivity contribution in [3.05, 3.63) is 70.5 Å². The zero-order valence-corrected chi connectivity index (χ0v) is 18.0. The molecule has 0 aromatic heterocycles. The van der Waals surface area contributed by atoms with Gasteiger partial charge in [-0.05, 0) is 38.3 Å². The Morgan fingerprint density at radius 3 is 2.24 bits per heavy atom. The highest BCUT2D eigenvalue weighted by Gasteiger charge is 2.27. The number of aryl methyl sites for hydroxylation is 2. The lowest BCUT2D eigenvalue weighted by Crippen LogP contribution is -2.48. The average Bonchev–Trinajstić information content (AvgIpc) is 2.63. The molecule has 0 aliphatic rings. The molecule has 0 fully saturated rings. The Hall–Kier alpha value is -2.69. The number of rotatable bonds is 8. The summed E-state index contributed by atoms with van der Waals surface area (Å²) in [6.07, 6.45) is 0.165. The highest BCUT2D eigenvalue weighted by molar-refractivity contribution is 5.88. The Bertz CT molecular complexity index is 843. The number of nitrogens with one attached hydrogen (secondary N) is 1. The zero-order chi connectivity index (χ0) is 21.6. The summed E-state index contributed by atoms with van der Waals surface area (Å²) in [4.78, 5) is 27.3. The van der Waals surface area contributed by atoms with Gasteiger partial charge in [0.2, 0.25) is 11.8 Å². The predicted molar refractivity (Wildman–Crippen MR) is 114 cm³/mol. The Balaban J connectivity index is 2.26. The summed E-state index contributed by atoms with van der Waals surface area (Å²) in [7, 11) is 0. The molecular weight excluding hydrogens is 367 g/mol. The maximum Gasteiger partial charge on any atom is 0.242 e. The van der Waals surface area contributed by atoms with E-state index in [2.05, 4.69) is 5.32 Å². The molecule has 29 heavy (non-hydrogen) atoms. The van der Waals surface area contributed by atoms with Crippen molar-refractivity contribution in [1.29, 1.82) is 0 Å². The third-order valence-corrected chi connectivity index (χ3v) is 4.79. The van der Waals surface area contributed by atoms with Crippen LogP contribution < -0.4 is 5.32 Å². The van der Waals surface area contributed by atoms with E-state index in [4.69, 9.17) is 0 Å². The van der Waals surface area contributed by atoms with Crippen molar-refractivity contribution in [3.63, 3.8) is 0 Å². The van der Waals surface area contributed by atoms with Crippen molar-refractivity contribution in [2.45, 2.75) is 53.6 Å². The van der Waals surface area contributed by atoms with Crippen LogP contribution in [0.25, 0.3) is 0 Å². The van der Waals surface area contributed by atoms with Gasteiger partial charge in [-0.25, -0.2) is 4.39 Å². The maximum absolute atomic E-state index is 14.2. The second-order valence-electron chi connectivity index (χ2n) is 8.10. The molecule has 1 atom stereocenters. The number of nitrogens with zero attached hydrogens (tertiary/aromatic N) is 1. The smallest absolute Gasteiger partial charge is 0.242 e. The van der Waals surface area contributed by atoms with Gasteiger partial charge < -0.3 is 10.2 Å². The SMILES string of the molecule is Cc1cc(C)cc(CC(=O)N(Cc2ccccc2F)[C@H](C)C(=O)NCC(C)C)c1. The van der Waals surface area contributed by atoms with E-state index in [1.807, 2.05) is 45.9 Å². The van der Waals surface area contributed by atoms with Gasteiger partial charge in [0.05, 0.1) is 6.42 Å². The van der Waals surface area contributed by atoms with Gasteiger partial charge in [0, 0.05) is 18.7 Å². The van der Waals surface area contributed by atoms with Crippen LogP contribution in [-0.2, 0) is 22.6 Å². The quantitative estimate of drug-likeness (QED) is 0.725. The molecule has 2 rings (SSSR count). The van der Waals surface area contributed by atoms with Crippen LogP contribution in [0.2, 0.25) is 0 Å². The average molecular weight is 399 g/mol. The number of carbonyl (C=O) groups excluding carboxylic acids is 2. The second-order valence-corrected chi connectivity index (χ2v) is 8.10. The Kier molecular flexibility index (Phi) is 7.94. The van der Waals surface area contributed by atoms with Crippen LogP contribution in [0, 0.1) is 25.6 Å². The van der Waals surface area contributed by atoms with E-state index in [1.54, 1.807) is 25.1 Å². The molecule has 0 heterocycles. The van der Waals surface area contributed by atoms with Gasteiger partial charge in [0.25, 0.3) is 0 Å². The van der Waals surface area contributed by atoms with Crippen LogP contribution in [-0.4, -0.2) is 29.3 Å². The van der Waals surface area contributed by atoms with Gasteiger partial charge in [-0.15, -0.1) is 0 Å². The Labute approximate surface area is 173 Å². The number of benzene rings is 2. The van der Waals surface area contributed by atoms with Crippen LogP contribution in [0.5, 0.6) is 0 Å². The van der Waals surface area contributed by atoms with Crippen molar-refractivity contribution in [2.75, 3.05) is 6.54 Å². The van der Waals surface area contributed by atoms with E-state index in [0.717, 1.165) is 16.7 Å². The van der Waals surface area contributed by atoms with Crippen LogP contribution in [0.1, 0.15) is 43.0 Å². The summed E-state index contributed by atoms with van der Waals surface area (Å²) in [5.41, 5.74) is 3.44. The topological polar surface area (TPSA) is 49.4 Å². The fourth-order valence-electron chi connectivity index (χ4n) is 3.29. The number of amides is 2. The Morgan fingerprint density at radius 2 is 1.66 bits per heavy atom. The number of hydrogen-bond donors (Lipinski definition) is 1. The van der Waals surface area contributed by atoms with Gasteiger partial charge >= 0.3 is 0 Å². The lowest BCUT2D eigenvalue weighted by molar-refractivity contribution is -0.140. The summed E-state index contributed by atoms with van der Waals surface area (Å²) < 4.78 is 14.2. The van der Waals surface area contributed by atoms with Crippen molar-refractivity contribution in [2.24, 2.45) is 5.92 Å². The number of halogens is 1. The standard InChI is InChI=1S/C24H31FN2O2/c1-16(2)14-26-24(29)19(5)27(15-21-8-6-7-9-22(21)25)23(28)13-20-11-17(3)10-18(4)12-20/h6-12,16,19H,13-15H2,1-5H3,(H,26,29)/t19-/m1/s1. The van der Waals surface area contributed by atoms with Crippen molar-refractivity contribution < 1.29 is 14.0 Å². The lowest BCUT2D eigenvalue weighted by atomic mass is 10.0. The number of carbonyl (C=O) groups is 2. The molecule has 0 saturated carbocycles. The molecule has 1 N–H and O–H groups in total. The molecule has 0 saturated heterocycles. The van der Waals surface area contributed by atoms with E-state index in [9.17, 15) is 14.0 Å². The van der Waals surface area contributed by atoms with Crippen LogP contribution in [0.15, 0.2) is 42.5 Å².